The summed E-state index contributed by atoms with van der Waals surface area (Å²) in [5, 5.41) is 48.7. The zero-order valence-electron chi connectivity index (χ0n) is 23.5. The molecule has 2 unspecified atom stereocenters. The Labute approximate surface area is 251 Å². The molecule has 4 atom stereocenters. The van der Waals surface area contributed by atoms with Gasteiger partial charge in [-0.05, 0) is 32.9 Å². The maximum atomic E-state index is 13.3. The summed E-state index contributed by atoms with van der Waals surface area (Å²) in [6.07, 6.45) is 0.0992. The maximum Gasteiger partial charge on any atom is 0.407 e. The molecule has 1 aromatic carbocycles. The van der Waals surface area contributed by atoms with Crippen molar-refractivity contribution in [1.82, 2.24) is 35.5 Å². The molecule has 3 aromatic rings. The molecule has 6 N–H and O–H groups in total. The number of carbonyl (C=O) groups is 2. The average Bonchev–Trinajstić information content (AvgIpc) is 3.41. The van der Waals surface area contributed by atoms with Crippen LogP contribution in [-0.2, 0) is 9.53 Å². The number of rotatable bonds is 10. The number of hydrogen-bond donors (Lipinski definition) is 6. The molecule has 1 fully saturated rings. The normalized spacial score (nSPS) is 17.7. The highest BCUT2D eigenvalue weighted by Gasteiger charge is 2.34. The Hall–Kier alpha value is -4.74. The molecule has 3 heterocycles. The van der Waals surface area contributed by atoms with E-state index in [4.69, 9.17) is 21.1 Å². The number of fused-ring (bicyclic) bond motifs is 1. The number of esters is 1. The quantitative estimate of drug-likeness (QED) is 0.139. The van der Waals surface area contributed by atoms with Gasteiger partial charge in [-0.3, -0.25) is 5.32 Å². The minimum Gasteiger partial charge on any atom is -0.453 e. The Balaban J connectivity index is 1.60. The predicted octanol–water partition coefficient (Wildman–Crippen LogP) is 1.03. The molecule has 0 bridgehead atoms. The molecular weight excluding hydrogens is 582 g/mol. The third-order valence-electron chi connectivity index (χ3n) is 6.55. The number of carbonyl (C=O) groups excluding carboxylic acids is 2. The van der Waals surface area contributed by atoms with Crippen LogP contribution in [0.2, 0.25) is 5.02 Å². The van der Waals surface area contributed by atoms with Gasteiger partial charge in [-0.1, -0.05) is 11.6 Å². The fraction of sp³-hybridized carbons (Fsp3) is 0.423. The minimum atomic E-state index is -1.22. The van der Waals surface area contributed by atoms with Crippen LogP contribution < -0.4 is 31.3 Å². The van der Waals surface area contributed by atoms with E-state index in [-0.39, 0.29) is 39.7 Å². The van der Waals surface area contributed by atoms with Crippen LogP contribution in [0.5, 0.6) is 5.75 Å². The van der Waals surface area contributed by atoms with Gasteiger partial charge in [0.05, 0.1) is 36.7 Å². The van der Waals surface area contributed by atoms with Crippen molar-refractivity contribution in [3.8, 4) is 17.9 Å². The number of hydrogen-bond acceptors (Lipinski definition) is 14. The lowest BCUT2D eigenvalue weighted by Crippen LogP contribution is -2.63. The van der Waals surface area contributed by atoms with E-state index in [1.807, 2.05) is 19.1 Å². The van der Waals surface area contributed by atoms with Crippen molar-refractivity contribution in [2.75, 3.05) is 37.4 Å². The van der Waals surface area contributed by atoms with E-state index in [0.29, 0.717) is 37.5 Å². The van der Waals surface area contributed by atoms with Crippen LogP contribution in [0.3, 0.4) is 0 Å². The summed E-state index contributed by atoms with van der Waals surface area (Å²) in [4.78, 5) is 33.7. The maximum absolute atomic E-state index is 13.3. The number of benzene rings is 1. The Morgan fingerprint density at radius 2 is 2.09 bits per heavy atom. The summed E-state index contributed by atoms with van der Waals surface area (Å²) in [5.74, 6) is -0.655. The second-order valence-electron chi connectivity index (χ2n) is 9.53. The molecule has 226 valence electrons. The number of amides is 1. The number of aliphatic hydroxyl groups excluding tert-OH is 1. The number of methoxy groups -OCH3 is 1. The number of anilines is 3. The molecule has 0 radical (unpaired) electrons. The fourth-order valence-electron chi connectivity index (χ4n) is 4.47. The largest absolute Gasteiger partial charge is 0.453 e. The molecular formula is C26H30ClN11O5. The van der Waals surface area contributed by atoms with E-state index < -0.39 is 30.3 Å². The van der Waals surface area contributed by atoms with E-state index >= 15 is 0 Å². The first-order valence-corrected chi connectivity index (χ1v) is 13.7. The van der Waals surface area contributed by atoms with Gasteiger partial charge in [0.1, 0.15) is 17.1 Å². The molecule has 17 heteroatoms. The van der Waals surface area contributed by atoms with Gasteiger partial charge in [0.2, 0.25) is 5.95 Å². The van der Waals surface area contributed by atoms with Gasteiger partial charge in [-0.25, -0.2) is 14.6 Å². The number of nitriles is 2. The highest BCUT2D eigenvalue weighted by Crippen LogP contribution is 2.35. The van der Waals surface area contributed by atoms with Gasteiger partial charge in [0.15, 0.2) is 22.9 Å². The molecule has 1 saturated heterocycles. The summed E-state index contributed by atoms with van der Waals surface area (Å²) >= 11 is 6.61. The Bertz CT molecular complexity index is 1580. The van der Waals surface area contributed by atoms with E-state index in [9.17, 15) is 25.2 Å². The minimum absolute atomic E-state index is 0.0182. The number of alkyl carbamates (subject to hydrolysis) is 1. The molecule has 1 aliphatic rings. The Morgan fingerprint density at radius 1 is 1.30 bits per heavy atom. The smallest absolute Gasteiger partial charge is 0.407 e. The van der Waals surface area contributed by atoms with Crippen molar-refractivity contribution in [3.05, 3.63) is 34.6 Å². The van der Waals surface area contributed by atoms with Gasteiger partial charge in [0, 0.05) is 31.2 Å². The van der Waals surface area contributed by atoms with Gasteiger partial charge >= 0.3 is 12.1 Å². The number of aromatic nitrogens is 4. The Kier molecular flexibility index (Phi) is 10.1. The fourth-order valence-corrected chi connectivity index (χ4v) is 4.66. The lowest BCUT2D eigenvalue weighted by Gasteiger charge is -2.35. The number of nitrogens with zero attached hydrogens (tertiary/aromatic N) is 6. The van der Waals surface area contributed by atoms with E-state index in [1.165, 1.54) is 36.9 Å². The highest BCUT2D eigenvalue weighted by atomic mass is 35.5. The van der Waals surface area contributed by atoms with Crippen molar-refractivity contribution >= 4 is 46.8 Å². The zero-order chi connectivity index (χ0) is 31.1. The summed E-state index contributed by atoms with van der Waals surface area (Å²) in [6, 6.07) is 4.65. The number of nitrogens with one attached hydrogen (secondary N) is 5. The Morgan fingerprint density at radius 3 is 2.77 bits per heavy atom. The second-order valence-corrected chi connectivity index (χ2v) is 9.90. The summed E-state index contributed by atoms with van der Waals surface area (Å²) in [5.41, 5.74) is 0.747. The molecule has 1 amide bonds. The topological polar surface area (TPSA) is 224 Å². The van der Waals surface area contributed by atoms with Crippen LogP contribution in [-0.4, -0.2) is 87.7 Å². The van der Waals surface area contributed by atoms with Gasteiger partial charge in [-0.2, -0.15) is 20.0 Å². The summed E-state index contributed by atoms with van der Waals surface area (Å²) in [6.45, 7) is 4.82. The molecule has 0 aliphatic carbocycles. The number of halogens is 1. The molecule has 43 heavy (non-hydrogen) atoms. The lowest BCUT2D eigenvalue weighted by atomic mass is 9.99. The van der Waals surface area contributed by atoms with Gasteiger partial charge < -0.3 is 35.8 Å². The third kappa shape index (κ3) is 7.19. The molecule has 1 aliphatic heterocycles. The predicted molar refractivity (Wildman–Crippen MR) is 154 cm³/mol. The van der Waals surface area contributed by atoms with Gasteiger partial charge in [0.25, 0.3) is 0 Å². The highest BCUT2D eigenvalue weighted by molar-refractivity contribution is 6.35. The number of aliphatic hydroxyl groups is 1. The van der Waals surface area contributed by atoms with Crippen molar-refractivity contribution < 1.29 is 24.2 Å². The SMILES string of the molecule is CCNc1nc(Nc2cc(C#N)cc(OC(=O)[C@@H](NC3CNCCC3NC(=O)OC)[C@@H](C)O)c2Cl)nn2c(C#N)cnc12. The van der Waals surface area contributed by atoms with Gasteiger partial charge in [-0.15, -0.1) is 5.10 Å². The van der Waals surface area contributed by atoms with Crippen molar-refractivity contribution in [1.29, 1.82) is 10.5 Å². The summed E-state index contributed by atoms with van der Waals surface area (Å²) in [7, 11) is 1.25. The van der Waals surface area contributed by atoms with E-state index in [1.54, 1.807) is 0 Å². The molecule has 16 nitrogen and oxygen atoms in total. The van der Waals surface area contributed by atoms with Crippen LogP contribution in [0.4, 0.5) is 22.2 Å². The lowest BCUT2D eigenvalue weighted by molar-refractivity contribution is -0.139. The van der Waals surface area contributed by atoms with Crippen LogP contribution in [0.25, 0.3) is 5.65 Å². The molecule has 0 saturated carbocycles. The van der Waals surface area contributed by atoms with Crippen LogP contribution >= 0.6 is 11.6 Å². The average molecular weight is 612 g/mol. The van der Waals surface area contributed by atoms with Crippen LogP contribution in [0.15, 0.2) is 18.3 Å². The molecule has 0 spiro atoms. The number of ether oxygens (including phenoxy) is 2. The van der Waals surface area contributed by atoms with E-state index in [2.05, 4.69) is 41.7 Å². The number of imidazole rings is 1. The monoisotopic (exact) mass is 611 g/mol. The van der Waals surface area contributed by atoms with E-state index in [0.717, 1.165) is 0 Å². The molecule has 2 aromatic heterocycles. The van der Waals surface area contributed by atoms with Crippen LogP contribution in [0, 0.1) is 22.7 Å². The zero-order valence-corrected chi connectivity index (χ0v) is 24.3. The first-order chi connectivity index (χ1) is 20.7. The van der Waals surface area contributed by atoms with Crippen LogP contribution in [0.1, 0.15) is 31.5 Å². The second kappa shape index (κ2) is 14.0. The van der Waals surface area contributed by atoms with Crippen molar-refractivity contribution in [3.63, 3.8) is 0 Å². The number of piperidine rings is 1. The first-order valence-electron chi connectivity index (χ1n) is 13.3. The summed E-state index contributed by atoms with van der Waals surface area (Å²) < 4.78 is 11.6. The third-order valence-corrected chi connectivity index (χ3v) is 6.94. The first kappa shape index (κ1) is 31.2. The molecule has 4 rings (SSSR count). The van der Waals surface area contributed by atoms with Crippen molar-refractivity contribution in [2.45, 2.75) is 44.5 Å². The standard InChI is InChI=1S/C26H30ClN11O5/c1-4-31-22-23-32-11-15(10-29)38(23)37-25(36-22)34-17-7-14(9-28)8-19(20(17)27)43-24(40)21(13(2)39)33-18-12-30-6-5-16(18)35-26(41)42-3/h7-8,11,13,16,18,21,30,33,39H,4-6,12H2,1-3H3,(H,35,41)(H2,31,34,36,37)/t13-,16?,18?,21+/m1/s1. The van der Waals surface area contributed by atoms with Crippen molar-refractivity contribution in [2.24, 2.45) is 0 Å².